The number of fused-ring (bicyclic) bond motifs is 1. The van der Waals surface area contributed by atoms with Gasteiger partial charge in [0.2, 0.25) is 0 Å². The molecule has 0 aliphatic rings. The van der Waals surface area contributed by atoms with Crippen LogP contribution in [-0.4, -0.2) is 17.2 Å². The van der Waals surface area contributed by atoms with Crippen LogP contribution in [0.15, 0.2) is 61.0 Å². The molecular formula is C22H18F6N2O2. The Kier molecular flexibility index (Phi) is 6.52. The van der Waals surface area contributed by atoms with Crippen LogP contribution < -0.4 is 5.32 Å². The fourth-order valence-corrected chi connectivity index (χ4v) is 3.16. The normalized spacial score (nSPS) is 12.5. The molecule has 170 valence electrons. The summed E-state index contributed by atoms with van der Waals surface area (Å²) in [5.74, 6) is 0. The maximum atomic E-state index is 13.1. The average Bonchev–Trinajstić information content (AvgIpc) is 3.09. The highest BCUT2D eigenvalue weighted by atomic mass is 19.4. The number of nitrogens with one attached hydrogen (secondary N) is 1. The van der Waals surface area contributed by atoms with Gasteiger partial charge in [0.05, 0.1) is 29.5 Å². The van der Waals surface area contributed by atoms with E-state index in [1.54, 1.807) is 37.3 Å². The van der Waals surface area contributed by atoms with Crippen molar-refractivity contribution in [1.29, 1.82) is 0 Å². The molecule has 0 spiro atoms. The van der Waals surface area contributed by atoms with Gasteiger partial charge >= 0.3 is 18.4 Å². The van der Waals surface area contributed by atoms with E-state index in [1.165, 1.54) is 12.5 Å². The Balaban J connectivity index is 1.95. The van der Waals surface area contributed by atoms with Crippen LogP contribution in [-0.2, 0) is 23.5 Å². The molecule has 3 rings (SSSR count). The molecule has 0 aliphatic carbocycles. The van der Waals surface area contributed by atoms with Crippen LogP contribution in [0.25, 0.3) is 10.9 Å². The SMILES string of the molecule is CC=COCCc1cn(C(=O)Nc2cc(C(F)(F)F)cc(C(F)(F)F)c2)c2ccccc12. The Hall–Kier alpha value is -3.43. The summed E-state index contributed by atoms with van der Waals surface area (Å²) in [5, 5.41) is 2.86. The molecule has 2 aromatic carbocycles. The van der Waals surface area contributed by atoms with E-state index in [1.807, 2.05) is 0 Å². The predicted octanol–water partition coefficient (Wildman–Crippen LogP) is 6.85. The molecule has 0 bridgehead atoms. The summed E-state index contributed by atoms with van der Waals surface area (Å²) in [6.07, 6.45) is -4.88. The quantitative estimate of drug-likeness (QED) is 0.259. The standard InChI is InChI=1S/C22H18F6N2O2/c1-2-8-32-9-7-14-13-30(19-6-4-3-5-18(14)19)20(31)29-17-11-15(21(23,24)25)10-16(12-17)22(26,27)28/h2-6,8,10-13H,7,9H2,1H3,(H,29,31). The number of ether oxygens (including phenoxy) is 1. The molecule has 4 nitrogen and oxygen atoms in total. The van der Waals surface area contributed by atoms with Crippen molar-refractivity contribution in [2.24, 2.45) is 0 Å². The molecule has 1 heterocycles. The molecule has 0 saturated heterocycles. The van der Waals surface area contributed by atoms with Gasteiger partial charge in [-0.15, -0.1) is 0 Å². The largest absolute Gasteiger partial charge is 0.501 e. The number of hydrogen-bond acceptors (Lipinski definition) is 2. The molecule has 0 aliphatic heterocycles. The second-order valence-electron chi connectivity index (χ2n) is 6.86. The van der Waals surface area contributed by atoms with Crippen molar-refractivity contribution in [3.63, 3.8) is 0 Å². The number of amides is 1. The number of aromatic nitrogens is 1. The number of allylic oxidation sites excluding steroid dienone is 1. The van der Waals surface area contributed by atoms with Crippen LogP contribution in [0, 0.1) is 0 Å². The first kappa shape index (κ1) is 23.2. The van der Waals surface area contributed by atoms with Gasteiger partial charge in [-0.1, -0.05) is 24.3 Å². The van der Waals surface area contributed by atoms with Gasteiger partial charge in [0.15, 0.2) is 0 Å². The van der Waals surface area contributed by atoms with E-state index < -0.39 is 35.2 Å². The number of carbonyl (C=O) groups excluding carboxylic acids is 1. The highest BCUT2D eigenvalue weighted by Gasteiger charge is 2.37. The second kappa shape index (κ2) is 8.97. The fraction of sp³-hybridized carbons (Fsp3) is 0.227. The first-order valence-corrected chi connectivity index (χ1v) is 9.43. The van der Waals surface area contributed by atoms with Crippen molar-refractivity contribution in [2.75, 3.05) is 11.9 Å². The Morgan fingerprint density at radius 3 is 2.25 bits per heavy atom. The van der Waals surface area contributed by atoms with Crippen LogP contribution >= 0.6 is 0 Å². The molecule has 1 amide bonds. The number of anilines is 1. The van der Waals surface area contributed by atoms with Gasteiger partial charge in [0.25, 0.3) is 0 Å². The van der Waals surface area contributed by atoms with Gasteiger partial charge in [0.1, 0.15) is 0 Å². The number of nitrogens with zero attached hydrogens (tertiary/aromatic N) is 1. The minimum Gasteiger partial charge on any atom is -0.501 e. The summed E-state index contributed by atoms with van der Waals surface area (Å²) in [6.45, 7) is 2.11. The maximum Gasteiger partial charge on any atom is 0.416 e. The molecule has 0 atom stereocenters. The van der Waals surface area contributed by atoms with E-state index in [9.17, 15) is 31.1 Å². The molecule has 0 saturated carbocycles. The number of carbonyl (C=O) groups is 1. The lowest BCUT2D eigenvalue weighted by Crippen LogP contribution is -2.20. The second-order valence-corrected chi connectivity index (χ2v) is 6.86. The van der Waals surface area contributed by atoms with Gasteiger partial charge in [-0.3, -0.25) is 4.57 Å². The Bertz CT molecular complexity index is 1110. The predicted molar refractivity (Wildman–Crippen MR) is 107 cm³/mol. The van der Waals surface area contributed by atoms with Gasteiger partial charge in [-0.2, -0.15) is 26.3 Å². The number of benzene rings is 2. The minimum absolute atomic E-state index is 0.00354. The van der Waals surface area contributed by atoms with E-state index in [2.05, 4.69) is 5.32 Å². The lowest BCUT2D eigenvalue weighted by atomic mass is 10.1. The smallest absolute Gasteiger partial charge is 0.416 e. The van der Waals surface area contributed by atoms with E-state index in [-0.39, 0.29) is 6.07 Å². The van der Waals surface area contributed by atoms with Crippen molar-refractivity contribution in [3.8, 4) is 0 Å². The molecule has 1 aromatic heterocycles. The summed E-state index contributed by atoms with van der Waals surface area (Å²) in [5.41, 5.74) is -2.45. The van der Waals surface area contributed by atoms with Gasteiger partial charge < -0.3 is 10.1 Å². The third-order valence-corrected chi connectivity index (χ3v) is 4.57. The van der Waals surface area contributed by atoms with Gasteiger partial charge in [-0.05, 0) is 36.8 Å². The molecular weight excluding hydrogens is 438 g/mol. The van der Waals surface area contributed by atoms with Crippen LogP contribution in [0.5, 0.6) is 0 Å². The third-order valence-electron chi connectivity index (χ3n) is 4.57. The Morgan fingerprint density at radius 1 is 1.03 bits per heavy atom. The van der Waals surface area contributed by atoms with E-state index in [0.29, 0.717) is 36.1 Å². The first-order valence-electron chi connectivity index (χ1n) is 9.43. The van der Waals surface area contributed by atoms with Crippen molar-refractivity contribution in [3.05, 3.63) is 77.7 Å². The molecule has 1 N–H and O–H groups in total. The van der Waals surface area contributed by atoms with Crippen LogP contribution in [0.3, 0.4) is 0 Å². The van der Waals surface area contributed by atoms with Crippen molar-refractivity contribution in [2.45, 2.75) is 25.7 Å². The zero-order valence-corrected chi connectivity index (χ0v) is 16.7. The summed E-state index contributed by atoms with van der Waals surface area (Å²) < 4.78 is 84.9. The monoisotopic (exact) mass is 456 g/mol. The first-order chi connectivity index (χ1) is 15.0. The summed E-state index contributed by atoms with van der Waals surface area (Å²) in [4.78, 5) is 12.8. The lowest BCUT2D eigenvalue weighted by molar-refractivity contribution is -0.143. The summed E-state index contributed by atoms with van der Waals surface area (Å²) >= 11 is 0. The zero-order chi connectivity index (χ0) is 23.5. The van der Waals surface area contributed by atoms with Crippen molar-refractivity contribution in [1.82, 2.24) is 4.57 Å². The molecule has 0 fully saturated rings. The molecule has 10 heteroatoms. The minimum atomic E-state index is -5.01. The van der Waals surface area contributed by atoms with Crippen LogP contribution in [0.4, 0.5) is 36.8 Å². The van der Waals surface area contributed by atoms with Gasteiger partial charge in [-0.25, -0.2) is 4.79 Å². The average molecular weight is 456 g/mol. The Morgan fingerprint density at radius 2 is 1.66 bits per heavy atom. The van der Waals surface area contributed by atoms with Crippen molar-refractivity contribution < 1.29 is 35.9 Å². The third kappa shape index (κ3) is 5.24. The van der Waals surface area contributed by atoms with E-state index in [0.717, 1.165) is 10.1 Å². The van der Waals surface area contributed by atoms with Crippen LogP contribution in [0.1, 0.15) is 23.6 Å². The van der Waals surface area contributed by atoms with Crippen molar-refractivity contribution >= 4 is 22.6 Å². The van der Waals surface area contributed by atoms with Gasteiger partial charge in [0, 0.05) is 23.7 Å². The number of halogens is 6. The van der Waals surface area contributed by atoms with Crippen LogP contribution in [0.2, 0.25) is 0 Å². The maximum absolute atomic E-state index is 13.1. The fourth-order valence-electron chi connectivity index (χ4n) is 3.16. The topological polar surface area (TPSA) is 43.3 Å². The molecule has 3 aromatic rings. The number of para-hydroxylation sites is 1. The highest BCUT2D eigenvalue weighted by molar-refractivity contribution is 5.99. The number of alkyl halides is 6. The number of rotatable bonds is 5. The summed E-state index contributed by atoms with van der Waals surface area (Å²) in [7, 11) is 0. The number of hydrogen-bond donors (Lipinski definition) is 1. The Labute approximate surface area is 179 Å². The molecule has 0 unspecified atom stereocenters. The molecule has 0 radical (unpaired) electrons. The molecule has 32 heavy (non-hydrogen) atoms. The zero-order valence-electron chi connectivity index (χ0n) is 16.7. The summed E-state index contributed by atoms with van der Waals surface area (Å²) in [6, 6.07) is 6.84. The highest BCUT2D eigenvalue weighted by Crippen LogP contribution is 2.37. The van der Waals surface area contributed by atoms with E-state index in [4.69, 9.17) is 4.74 Å². The lowest BCUT2D eigenvalue weighted by Gasteiger charge is -2.15. The van der Waals surface area contributed by atoms with E-state index >= 15 is 0 Å².